The van der Waals surface area contributed by atoms with Gasteiger partial charge < -0.3 is 14.4 Å². The van der Waals surface area contributed by atoms with Crippen LogP contribution in [-0.2, 0) is 17.0 Å². The number of alkyl halides is 1. The van der Waals surface area contributed by atoms with Crippen LogP contribution in [-0.4, -0.2) is 19.9 Å². The average molecular weight is 299 g/mol. The van der Waals surface area contributed by atoms with Crippen LogP contribution in [0.4, 0.5) is 10.1 Å². The molecule has 0 unspecified atom stereocenters. The van der Waals surface area contributed by atoms with Crippen LogP contribution in [0.15, 0.2) is 48.5 Å². The quantitative estimate of drug-likeness (QED) is 0.864. The van der Waals surface area contributed by atoms with E-state index in [1.165, 1.54) is 0 Å². The normalized spacial score (nSPS) is 25.9. The first-order valence-corrected chi connectivity index (χ1v) is 7.53. The van der Waals surface area contributed by atoms with Gasteiger partial charge in [-0.05, 0) is 23.8 Å². The molecule has 4 heteroatoms. The fourth-order valence-corrected chi connectivity index (χ4v) is 3.37. The molecule has 2 heterocycles. The molecular formula is C18H18FNO2. The Morgan fingerprint density at radius 2 is 2.09 bits per heavy atom. The fourth-order valence-electron chi connectivity index (χ4n) is 3.37. The van der Waals surface area contributed by atoms with Crippen molar-refractivity contribution in [3.8, 4) is 5.75 Å². The molecule has 114 valence electrons. The Labute approximate surface area is 129 Å². The lowest BCUT2D eigenvalue weighted by Gasteiger charge is -2.23. The summed E-state index contributed by atoms with van der Waals surface area (Å²) in [6, 6.07) is 15.6. The molecule has 1 saturated heterocycles. The van der Waals surface area contributed by atoms with Crippen LogP contribution in [0.25, 0.3) is 0 Å². The number of rotatable bonds is 3. The van der Waals surface area contributed by atoms with E-state index in [1.54, 1.807) is 0 Å². The zero-order chi connectivity index (χ0) is 15.2. The molecule has 2 aliphatic heterocycles. The Kier molecular flexibility index (Phi) is 3.08. The lowest BCUT2D eigenvalue weighted by Crippen LogP contribution is -2.36. The molecular weight excluding hydrogens is 281 g/mol. The van der Waals surface area contributed by atoms with E-state index in [9.17, 15) is 0 Å². The number of hydrogen-bond donors (Lipinski definition) is 0. The number of likely N-dealkylation sites (N-methyl/N-ethyl adjacent to an activating group) is 1. The average Bonchev–Trinajstić information content (AvgIpc) is 3.03. The summed E-state index contributed by atoms with van der Waals surface area (Å²) >= 11 is 0. The van der Waals surface area contributed by atoms with Crippen molar-refractivity contribution < 1.29 is 13.9 Å². The van der Waals surface area contributed by atoms with Crippen molar-refractivity contribution in [2.24, 2.45) is 0 Å². The molecule has 2 aromatic rings. The second-order valence-electron chi connectivity index (χ2n) is 5.90. The molecule has 1 fully saturated rings. The Bertz CT molecular complexity index is 691. The van der Waals surface area contributed by atoms with E-state index in [2.05, 4.69) is 0 Å². The standard InChI is InChI=1S/C18H18FNO2/c1-20-16-8-7-14(22-12-13-5-3-2-4-6-13)11-15(16)18(19)9-10-21-17(18)20/h2-8,11,17H,9-10,12H2,1H3/t17-,18+/m0/s1. The molecule has 0 aliphatic carbocycles. The largest absolute Gasteiger partial charge is 0.489 e. The third-order valence-electron chi connectivity index (χ3n) is 4.53. The second kappa shape index (κ2) is 4.99. The van der Waals surface area contributed by atoms with Crippen LogP contribution in [0.5, 0.6) is 5.75 Å². The van der Waals surface area contributed by atoms with Crippen LogP contribution in [0.3, 0.4) is 0 Å². The number of fused-ring (bicyclic) bond motifs is 3. The number of nitrogens with zero attached hydrogens (tertiary/aromatic N) is 1. The molecule has 2 atom stereocenters. The van der Waals surface area contributed by atoms with Gasteiger partial charge in [-0.2, -0.15) is 0 Å². The summed E-state index contributed by atoms with van der Waals surface area (Å²) in [6.07, 6.45) is -0.108. The minimum absolute atomic E-state index is 0.400. The van der Waals surface area contributed by atoms with Gasteiger partial charge in [-0.25, -0.2) is 4.39 Å². The van der Waals surface area contributed by atoms with Crippen molar-refractivity contribution in [2.75, 3.05) is 18.6 Å². The van der Waals surface area contributed by atoms with Gasteiger partial charge in [0, 0.05) is 24.7 Å². The molecule has 2 aliphatic rings. The van der Waals surface area contributed by atoms with Gasteiger partial charge in [0.1, 0.15) is 12.4 Å². The second-order valence-corrected chi connectivity index (χ2v) is 5.90. The van der Waals surface area contributed by atoms with Crippen molar-refractivity contribution in [1.82, 2.24) is 0 Å². The molecule has 0 N–H and O–H groups in total. The maximum absolute atomic E-state index is 15.3. The SMILES string of the molecule is CN1c2ccc(OCc3ccccc3)cc2[C@]2(F)CCO[C@H]12. The van der Waals surface area contributed by atoms with Gasteiger partial charge in [0.05, 0.1) is 6.61 Å². The van der Waals surface area contributed by atoms with Crippen molar-refractivity contribution in [3.05, 3.63) is 59.7 Å². The van der Waals surface area contributed by atoms with Crippen LogP contribution in [0.1, 0.15) is 17.5 Å². The highest BCUT2D eigenvalue weighted by molar-refractivity contribution is 5.64. The molecule has 0 radical (unpaired) electrons. The summed E-state index contributed by atoms with van der Waals surface area (Å²) in [5.41, 5.74) is 1.25. The molecule has 0 amide bonds. The van der Waals surface area contributed by atoms with E-state index in [4.69, 9.17) is 9.47 Å². The van der Waals surface area contributed by atoms with E-state index < -0.39 is 11.9 Å². The topological polar surface area (TPSA) is 21.7 Å². The third kappa shape index (κ3) is 1.98. The lowest BCUT2D eigenvalue weighted by atomic mass is 9.95. The lowest BCUT2D eigenvalue weighted by molar-refractivity contribution is 0.0340. The summed E-state index contributed by atoms with van der Waals surface area (Å²) in [5.74, 6) is 0.695. The Morgan fingerprint density at radius 3 is 2.91 bits per heavy atom. The number of benzene rings is 2. The van der Waals surface area contributed by atoms with Gasteiger partial charge in [-0.15, -0.1) is 0 Å². The van der Waals surface area contributed by atoms with Gasteiger partial charge >= 0.3 is 0 Å². The maximum Gasteiger partial charge on any atom is 0.184 e. The first-order valence-electron chi connectivity index (χ1n) is 7.53. The summed E-state index contributed by atoms with van der Waals surface area (Å²) in [5, 5.41) is 0. The van der Waals surface area contributed by atoms with Crippen molar-refractivity contribution in [1.29, 1.82) is 0 Å². The van der Waals surface area contributed by atoms with Crippen LogP contribution >= 0.6 is 0 Å². The summed E-state index contributed by atoms with van der Waals surface area (Å²) in [7, 11) is 1.88. The number of ether oxygens (including phenoxy) is 2. The summed E-state index contributed by atoms with van der Waals surface area (Å²) in [6.45, 7) is 0.939. The molecule has 0 saturated carbocycles. The zero-order valence-electron chi connectivity index (χ0n) is 12.5. The van der Waals surface area contributed by atoms with Crippen LogP contribution in [0, 0.1) is 0 Å². The van der Waals surface area contributed by atoms with Gasteiger partial charge in [0.2, 0.25) is 0 Å². The highest BCUT2D eigenvalue weighted by Crippen LogP contribution is 2.52. The molecule has 2 aromatic carbocycles. The van der Waals surface area contributed by atoms with E-state index >= 15 is 4.39 Å². The minimum Gasteiger partial charge on any atom is -0.489 e. The molecule has 3 nitrogen and oxygen atoms in total. The monoisotopic (exact) mass is 299 g/mol. The molecule has 0 spiro atoms. The first-order chi connectivity index (χ1) is 10.7. The highest BCUT2D eigenvalue weighted by atomic mass is 19.1. The first kappa shape index (κ1) is 13.6. The smallest absolute Gasteiger partial charge is 0.184 e. The van der Waals surface area contributed by atoms with Gasteiger partial charge in [-0.3, -0.25) is 0 Å². The maximum atomic E-state index is 15.3. The van der Waals surface area contributed by atoms with Gasteiger partial charge in [0.15, 0.2) is 11.9 Å². The third-order valence-corrected chi connectivity index (χ3v) is 4.53. The number of halogens is 1. The summed E-state index contributed by atoms with van der Waals surface area (Å²) in [4.78, 5) is 1.88. The highest BCUT2D eigenvalue weighted by Gasteiger charge is 2.55. The molecule has 4 rings (SSSR count). The van der Waals surface area contributed by atoms with Crippen LogP contribution < -0.4 is 9.64 Å². The molecule has 0 aromatic heterocycles. The predicted octanol–water partition coefficient (Wildman–Crippen LogP) is 3.63. The number of anilines is 1. The predicted molar refractivity (Wildman–Crippen MR) is 82.8 cm³/mol. The minimum atomic E-state index is -1.42. The molecule has 22 heavy (non-hydrogen) atoms. The Balaban J connectivity index is 1.60. The van der Waals surface area contributed by atoms with Gasteiger partial charge in [0.25, 0.3) is 0 Å². The van der Waals surface area contributed by atoms with Crippen molar-refractivity contribution in [2.45, 2.75) is 24.9 Å². The molecule has 0 bridgehead atoms. The van der Waals surface area contributed by atoms with Crippen molar-refractivity contribution >= 4 is 5.69 Å². The van der Waals surface area contributed by atoms with E-state index in [1.807, 2.05) is 60.5 Å². The van der Waals surface area contributed by atoms with Crippen molar-refractivity contribution in [3.63, 3.8) is 0 Å². The summed E-state index contributed by atoms with van der Waals surface area (Å²) < 4.78 is 26.6. The Morgan fingerprint density at radius 1 is 1.27 bits per heavy atom. The van der Waals surface area contributed by atoms with E-state index in [-0.39, 0.29) is 0 Å². The van der Waals surface area contributed by atoms with E-state index in [0.717, 1.165) is 11.3 Å². The van der Waals surface area contributed by atoms with Crippen LogP contribution in [0.2, 0.25) is 0 Å². The van der Waals surface area contributed by atoms with Gasteiger partial charge in [-0.1, -0.05) is 30.3 Å². The Hall–Kier alpha value is -2.07. The van der Waals surface area contributed by atoms with E-state index in [0.29, 0.717) is 30.9 Å². The fraction of sp³-hybridized carbons (Fsp3) is 0.333. The zero-order valence-corrected chi connectivity index (χ0v) is 12.5. The number of hydrogen-bond acceptors (Lipinski definition) is 3.